The van der Waals surface area contributed by atoms with Crippen molar-refractivity contribution in [1.82, 2.24) is 20.2 Å². The van der Waals surface area contributed by atoms with Gasteiger partial charge in [-0.2, -0.15) is 15.1 Å². The second-order valence-corrected chi connectivity index (χ2v) is 4.58. The fourth-order valence-corrected chi connectivity index (χ4v) is 1.97. The molecule has 19 heavy (non-hydrogen) atoms. The van der Waals surface area contributed by atoms with Gasteiger partial charge in [0.15, 0.2) is 5.65 Å². The number of halogens is 1. The van der Waals surface area contributed by atoms with E-state index in [2.05, 4.69) is 25.5 Å². The molecule has 0 spiro atoms. The van der Waals surface area contributed by atoms with Gasteiger partial charge in [-0.15, -0.1) is 0 Å². The molecule has 0 atom stereocenters. The molecule has 6 nitrogen and oxygen atoms in total. The van der Waals surface area contributed by atoms with Crippen LogP contribution in [0.5, 0.6) is 0 Å². The predicted molar refractivity (Wildman–Crippen MR) is 75.6 cm³/mol. The molecule has 0 aliphatic heterocycles. The number of anilines is 3. The maximum Gasteiger partial charge on any atom is 0.224 e. The van der Waals surface area contributed by atoms with Crippen molar-refractivity contribution in [3.05, 3.63) is 35.0 Å². The number of fused-ring (bicyclic) bond motifs is 1. The standard InChI is InChI=1S/C12H11ClN6/c1-6-2-3-8(13)9(4-6)16-10-7-5-15-19-11(7)18-12(14)17-10/h2-5H,1H3,(H4,14,15,16,17,18,19). The van der Waals surface area contributed by atoms with Crippen LogP contribution in [0, 0.1) is 6.92 Å². The number of aryl methyl sites for hydroxylation is 1. The molecular formula is C12H11ClN6. The van der Waals surface area contributed by atoms with E-state index in [0.29, 0.717) is 16.5 Å². The summed E-state index contributed by atoms with van der Waals surface area (Å²) in [6, 6.07) is 5.71. The molecule has 4 N–H and O–H groups in total. The van der Waals surface area contributed by atoms with E-state index >= 15 is 0 Å². The Bertz CT molecular complexity index is 751. The Morgan fingerprint density at radius 1 is 1.32 bits per heavy atom. The predicted octanol–water partition coefficient (Wildman–Crippen LogP) is 2.64. The molecule has 0 amide bonds. The Labute approximate surface area is 114 Å². The average Bonchev–Trinajstić information content (AvgIpc) is 2.82. The first-order valence-electron chi connectivity index (χ1n) is 5.63. The van der Waals surface area contributed by atoms with Crippen LogP contribution in [0.15, 0.2) is 24.4 Å². The molecule has 0 unspecified atom stereocenters. The topological polar surface area (TPSA) is 92.5 Å². The van der Waals surface area contributed by atoms with E-state index < -0.39 is 0 Å². The van der Waals surface area contributed by atoms with Crippen molar-refractivity contribution in [2.24, 2.45) is 0 Å². The summed E-state index contributed by atoms with van der Waals surface area (Å²) < 4.78 is 0. The summed E-state index contributed by atoms with van der Waals surface area (Å²) in [5.74, 6) is 0.742. The highest BCUT2D eigenvalue weighted by Crippen LogP contribution is 2.28. The summed E-state index contributed by atoms with van der Waals surface area (Å²) in [5, 5.41) is 11.2. The van der Waals surface area contributed by atoms with E-state index in [1.165, 1.54) is 0 Å². The lowest BCUT2D eigenvalue weighted by Gasteiger charge is -2.09. The van der Waals surface area contributed by atoms with Gasteiger partial charge in [-0.25, -0.2) is 0 Å². The molecule has 0 radical (unpaired) electrons. The Morgan fingerprint density at radius 2 is 2.16 bits per heavy atom. The highest BCUT2D eigenvalue weighted by molar-refractivity contribution is 6.33. The second kappa shape index (κ2) is 4.40. The first-order chi connectivity index (χ1) is 9.13. The third kappa shape index (κ3) is 2.17. The van der Waals surface area contributed by atoms with Crippen molar-refractivity contribution >= 4 is 40.1 Å². The van der Waals surface area contributed by atoms with Crippen LogP contribution in [0.4, 0.5) is 17.5 Å². The van der Waals surface area contributed by atoms with Gasteiger partial charge >= 0.3 is 0 Å². The zero-order valence-corrected chi connectivity index (χ0v) is 10.9. The normalized spacial score (nSPS) is 10.8. The smallest absolute Gasteiger partial charge is 0.224 e. The van der Waals surface area contributed by atoms with E-state index in [9.17, 15) is 0 Å². The number of hydrogen-bond donors (Lipinski definition) is 3. The molecule has 2 heterocycles. The fraction of sp³-hybridized carbons (Fsp3) is 0.0833. The number of hydrogen-bond acceptors (Lipinski definition) is 5. The van der Waals surface area contributed by atoms with Crippen LogP contribution < -0.4 is 11.1 Å². The molecule has 3 rings (SSSR count). The molecule has 0 saturated heterocycles. The van der Waals surface area contributed by atoms with Crippen molar-refractivity contribution in [2.45, 2.75) is 6.92 Å². The second-order valence-electron chi connectivity index (χ2n) is 4.17. The van der Waals surface area contributed by atoms with Gasteiger partial charge in [0.25, 0.3) is 0 Å². The van der Waals surface area contributed by atoms with E-state index in [4.69, 9.17) is 17.3 Å². The average molecular weight is 275 g/mol. The SMILES string of the molecule is Cc1ccc(Cl)c(Nc2nc(N)nc3[nH]ncc23)c1. The zero-order chi connectivity index (χ0) is 13.4. The lowest BCUT2D eigenvalue weighted by atomic mass is 10.2. The third-order valence-electron chi connectivity index (χ3n) is 2.70. The summed E-state index contributed by atoms with van der Waals surface area (Å²) in [7, 11) is 0. The molecule has 0 fully saturated rings. The quantitative estimate of drug-likeness (QED) is 0.668. The Kier molecular flexibility index (Phi) is 2.72. The van der Waals surface area contributed by atoms with Crippen molar-refractivity contribution in [2.75, 3.05) is 11.1 Å². The number of nitrogens with one attached hydrogen (secondary N) is 2. The van der Waals surface area contributed by atoms with Gasteiger partial charge in [0.2, 0.25) is 5.95 Å². The summed E-state index contributed by atoms with van der Waals surface area (Å²) in [4.78, 5) is 8.23. The van der Waals surface area contributed by atoms with Crippen molar-refractivity contribution in [3.63, 3.8) is 0 Å². The summed E-state index contributed by atoms with van der Waals surface area (Å²) >= 11 is 6.15. The lowest BCUT2D eigenvalue weighted by molar-refractivity contribution is 1.09. The maximum absolute atomic E-state index is 6.15. The van der Waals surface area contributed by atoms with Crippen LogP contribution in [0.2, 0.25) is 5.02 Å². The highest BCUT2D eigenvalue weighted by atomic mass is 35.5. The Morgan fingerprint density at radius 3 is 3.00 bits per heavy atom. The fourth-order valence-electron chi connectivity index (χ4n) is 1.81. The number of aromatic amines is 1. The number of rotatable bonds is 2. The Balaban J connectivity index is 2.10. The van der Waals surface area contributed by atoms with Gasteiger partial charge in [0.1, 0.15) is 5.82 Å². The van der Waals surface area contributed by atoms with E-state index in [-0.39, 0.29) is 5.95 Å². The number of aromatic nitrogens is 4. The first-order valence-corrected chi connectivity index (χ1v) is 6.01. The van der Waals surface area contributed by atoms with Crippen LogP contribution in [-0.2, 0) is 0 Å². The molecule has 3 aromatic rings. The minimum atomic E-state index is 0.169. The lowest BCUT2D eigenvalue weighted by Crippen LogP contribution is -2.01. The minimum absolute atomic E-state index is 0.169. The van der Waals surface area contributed by atoms with Crippen LogP contribution in [0.3, 0.4) is 0 Å². The molecule has 0 aliphatic rings. The van der Waals surface area contributed by atoms with Crippen molar-refractivity contribution in [1.29, 1.82) is 0 Å². The van der Waals surface area contributed by atoms with Gasteiger partial charge in [-0.3, -0.25) is 5.10 Å². The van der Waals surface area contributed by atoms with Gasteiger partial charge in [-0.1, -0.05) is 17.7 Å². The molecule has 2 aromatic heterocycles. The van der Waals surface area contributed by atoms with Crippen LogP contribution >= 0.6 is 11.6 Å². The van der Waals surface area contributed by atoms with Crippen LogP contribution in [0.25, 0.3) is 11.0 Å². The van der Waals surface area contributed by atoms with E-state index in [1.54, 1.807) is 6.20 Å². The van der Waals surface area contributed by atoms with Gasteiger partial charge in [0, 0.05) is 0 Å². The number of nitrogens with zero attached hydrogens (tertiary/aromatic N) is 3. The molecule has 0 aliphatic carbocycles. The molecule has 0 saturated carbocycles. The first kappa shape index (κ1) is 11.7. The number of benzene rings is 1. The highest BCUT2D eigenvalue weighted by Gasteiger charge is 2.09. The summed E-state index contributed by atoms with van der Waals surface area (Å²) in [5.41, 5.74) is 8.11. The number of H-pyrrole nitrogens is 1. The molecule has 96 valence electrons. The van der Waals surface area contributed by atoms with Crippen LogP contribution in [0.1, 0.15) is 5.56 Å². The number of nitrogens with two attached hydrogens (primary N) is 1. The monoisotopic (exact) mass is 274 g/mol. The van der Waals surface area contributed by atoms with Crippen LogP contribution in [-0.4, -0.2) is 20.2 Å². The van der Waals surface area contributed by atoms with Gasteiger partial charge < -0.3 is 11.1 Å². The molecule has 0 bridgehead atoms. The molecule has 7 heteroatoms. The van der Waals surface area contributed by atoms with Crippen molar-refractivity contribution < 1.29 is 0 Å². The largest absolute Gasteiger partial charge is 0.368 e. The summed E-state index contributed by atoms with van der Waals surface area (Å²) in [6.07, 6.45) is 1.64. The Hall–Kier alpha value is -2.34. The number of nitrogen functional groups attached to an aromatic ring is 1. The van der Waals surface area contributed by atoms with Gasteiger partial charge in [0.05, 0.1) is 22.3 Å². The maximum atomic E-state index is 6.15. The minimum Gasteiger partial charge on any atom is -0.368 e. The van der Waals surface area contributed by atoms with Crippen molar-refractivity contribution in [3.8, 4) is 0 Å². The van der Waals surface area contributed by atoms with E-state index in [0.717, 1.165) is 16.6 Å². The third-order valence-corrected chi connectivity index (χ3v) is 3.03. The van der Waals surface area contributed by atoms with E-state index in [1.807, 2.05) is 25.1 Å². The molecule has 1 aromatic carbocycles. The molecular weight excluding hydrogens is 264 g/mol. The van der Waals surface area contributed by atoms with Gasteiger partial charge in [-0.05, 0) is 24.6 Å². The summed E-state index contributed by atoms with van der Waals surface area (Å²) in [6.45, 7) is 1.99. The zero-order valence-electron chi connectivity index (χ0n) is 10.1.